The molecular formula is C29H28O5S. The van der Waals surface area contributed by atoms with Gasteiger partial charge in [0.05, 0.1) is 13.2 Å². The molecule has 2 fully saturated rings. The molecule has 2 aliphatic rings. The molecule has 5 nitrogen and oxygen atoms in total. The highest BCUT2D eigenvalue weighted by Gasteiger charge is 2.51. The van der Waals surface area contributed by atoms with Gasteiger partial charge in [0, 0.05) is 10.5 Å². The molecule has 3 aromatic rings. The van der Waals surface area contributed by atoms with Gasteiger partial charge in [-0.1, -0.05) is 96.5 Å². The molecule has 5 rings (SSSR count). The lowest BCUT2D eigenvalue weighted by atomic mass is 9.98. The van der Waals surface area contributed by atoms with Crippen molar-refractivity contribution < 1.29 is 23.7 Å². The Labute approximate surface area is 210 Å². The predicted molar refractivity (Wildman–Crippen MR) is 135 cm³/mol. The van der Waals surface area contributed by atoms with Crippen LogP contribution in [0.4, 0.5) is 0 Å². The maximum absolute atomic E-state index is 6.53. The summed E-state index contributed by atoms with van der Waals surface area (Å²) >= 11 is 1.59. The summed E-state index contributed by atoms with van der Waals surface area (Å²) in [6.07, 6.45) is 3.54. The van der Waals surface area contributed by atoms with Crippen molar-refractivity contribution >= 4 is 11.8 Å². The van der Waals surface area contributed by atoms with E-state index in [1.165, 1.54) is 0 Å². The van der Waals surface area contributed by atoms with Crippen molar-refractivity contribution in [2.75, 3.05) is 13.2 Å². The predicted octanol–water partition coefficient (Wildman–Crippen LogP) is 5.22. The highest BCUT2D eigenvalue weighted by atomic mass is 32.2. The van der Waals surface area contributed by atoms with Crippen LogP contribution >= 0.6 is 11.8 Å². The van der Waals surface area contributed by atoms with Gasteiger partial charge in [0.1, 0.15) is 36.5 Å². The molecule has 2 saturated heterocycles. The first kappa shape index (κ1) is 24.1. The molecule has 0 spiro atoms. The Bertz CT molecular complexity index is 1090. The van der Waals surface area contributed by atoms with E-state index in [0.29, 0.717) is 13.2 Å². The summed E-state index contributed by atoms with van der Waals surface area (Å²) in [4.78, 5) is 1.08. The Morgan fingerprint density at radius 3 is 2.23 bits per heavy atom. The normalized spacial score (nSPS) is 28.1. The molecule has 1 unspecified atom stereocenters. The maximum atomic E-state index is 6.53. The molecular weight excluding hydrogens is 460 g/mol. The van der Waals surface area contributed by atoms with Gasteiger partial charge in [0.25, 0.3) is 0 Å². The number of fused-ring (bicyclic) bond motifs is 1. The van der Waals surface area contributed by atoms with Gasteiger partial charge in [-0.2, -0.15) is 0 Å². The molecule has 2 aliphatic heterocycles. The molecule has 35 heavy (non-hydrogen) atoms. The fourth-order valence-electron chi connectivity index (χ4n) is 4.33. The van der Waals surface area contributed by atoms with Crippen molar-refractivity contribution in [3.63, 3.8) is 0 Å². The van der Waals surface area contributed by atoms with Crippen LogP contribution in [0.5, 0.6) is 0 Å². The number of hydrogen-bond donors (Lipinski definition) is 0. The summed E-state index contributed by atoms with van der Waals surface area (Å²) < 4.78 is 31.8. The summed E-state index contributed by atoms with van der Waals surface area (Å²) in [6, 6.07) is 30.1. The van der Waals surface area contributed by atoms with E-state index in [4.69, 9.17) is 30.1 Å². The molecule has 6 atom stereocenters. The van der Waals surface area contributed by atoms with Gasteiger partial charge in [-0.15, -0.1) is 6.42 Å². The standard InChI is InChI=1S/C29H28O5S/c1-2-18-30-27-26(31-19-21-12-6-3-7-13-21)25-24(33-29(27)35-23-16-10-5-11-17-23)20-32-28(34-25)22-14-8-4-9-15-22/h1,3-17,24-29H,18-20H2/t24-,25-,26+,27+,28?,29-/m1/s1. The first-order valence-electron chi connectivity index (χ1n) is 11.7. The molecule has 0 amide bonds. The van der Waals surface area contributed by atoms with E-state index >= 15 is 0 Å². The van der Waals surface area contributed by atoms with Crippen molar-refractivity contribution in [2.24, 2.45) is 0 Å². The summed E-state index contributed by atoms with van der Waals surface area (Å²) in [5.41, 5.74) is 1.69. The third-order valence-corrected chi connectivity index (χ3v) is 7.15. The summed E-state index contributed by atoms with van der Waals surface area (Å²) in [5.74, 6) is 2.59. The zero-order valence-electron chi connectivity index (χ0n) is 19.3. The third kappa shape index (κ3) is 5.96. The van der Waals surface area contributed by atoms with Crippen molar-refractivity contribution in [3.05, 3.63) is 102 Å². The van der Waals surface area contributed by atoms with Crippen LogP contribution in [-0.4, -0.2) is 43.1 Å². The van der Waals surface area contributed by atoms with Gasteiger partial charge in [-0.3, -0.25) is 0 Å². The SMILES string of the molecule is C#CCO[C@H]1[C@@H](OCc2ccccc2)[C@@H]2OC(c3ccccc3)OC[C@H]2O[C@@H]1Sc1ccccc1. The van der Waals surface area contributed by atoms with E-state index < -0.39 is 18.5 Å². The van der Waals surface area contributed by atoms with E-state index in [9.17, 15) is 0 Å². The Balaban J connectivity index is 1.42. The number of hydrogen-bond acceptors (Lipinski definition) is 6. The minimum absolute atomic E-state index is 0.154. The molecule has 0 aromatic heterocycles. The quantitative estimate of drug-likeness (QED) is 0.405. The number of thioether (sulfide) groups is 1. The van der Waals surface area contributed by atoms with Crippen molar-refractivity contribution in [1.29, 1.82) is 0 Å². The smallest absolute Gasteiger partial charge is 0.184 e. The van der Waals surface area contributed by atoms with Crippen LogP contribution in [0.2, 0.25) is 0 Å². The van der Waals surface area contributed by atoms with Crippen molar-refractivity contribution in [1.82, 2.24) is 0 Å². The highest BCUT2D eigenvalue weighted by Crippen LogP contribution is 2.41. The summed E-state index contributed by atoms with van der Waals surface area (Å²) in [5, 5.41) is 0. The van der Waals surface area contributed by atoms with Crippen molar-refractivity contribution in [2.45, 2.75) is 47.6 Å². The molecule has 2 heterocycles. The van der Waals surface area contributed by atoms with Gasteiger partial charge in [-0.25, -0.2) is 0 Å². The minimum Gasteiger partial charge on any atom is -0.368 e. The fraction of sp³-hybridized carbons (Fsp3) is 0.310. The lowest BCUT2D eigenvalue weighted by Gasteiger charge is -2.49. The summed E-state index contributed by atoms with van der Waals surface area (Å²) in [7, 11) is 0. The van der Waals surface area contributed by atoms with Crippen LogP contribution in [0, 0.1) is 12.3 Å². The number of terminal acetylenes is 1. The molecule has 0 saturated carbocycles. The van der Waals surface area contributed by atoms with Crippen LogP contribution in [0.25, 0.3) is 0 Å². The average molecular weight is 489 g/mol. The molecule has 0 aliphatic carbocycles. The van der Waals surface area contributed by atoms with E-state index in [1.54, 1.807) is 11.8 Å². The van der Waals surface area contributed by atoms with Crippen LogP contribution in [0.3, 0.4) is 0 Å². The Hall–Kier alpha value is -2.63. The second-order valence-corrected chi connectivity index (χ2v) is 9.56. The lowest BCUT2D eigenvalue weighted by molar-refractivity contribution is -0.328. The Morgan fingerprint density at radius 1 is 0.829 bits per heavy atom. The number of rotatable bonds is 8. The van der Waals surface area contributed by atoms with E-state index in [1.807, 2.05) is 78.9 Å². The van der Waals surface area contributed by atoms with Gasteiger partial charge in [0.15, 0.2) is 6.29 Å². The minimum atomic E-state index is -0.504. The van der Waals surface area contributed by atoms with Crippen LogP contribution in [-0.2, 0) is 30.3 Å². The van der Waals surface area contributed by atoms with E-state index in [0.717, 1.165) is 16.0 Å². The zero-order chi connectivity index (χ0) is 23.9. The summed E-state index contributed by atoms with van der Waals surface area (Å²) in [6.45, 7) is 0.970. The molecule has 0 N–H and O–H groups in total. The van der Waals surface area contributed by atoms with Gasteiger partial charge < -0.3 is 23.7 Å². The van der Waals surface area contributed by atoms with Crippen LogP contribution in [0.15, 0.2) is 95.9 Å². The Kier molecular flexibility index (Phi) is 8.17. The molecule has 0 bridgehead atoms. The van der Waals surface area contributed by atoms with E-state index in [2.05, 4.69) is 18.1 Å². The van der Waals surface area contributed by atoms with Crippen LogP contribution < -0.4 is 0 Å². The second-order valence-electron chi connectivity index (χ2n) is 8.39. The Morgan fingerprint density at radius 2 is 1.51 bits per heavy atom. The van der Waals surface area contributed by atoms with Gasteiger partial charge in [-0.05, 0) is 17.7 Å². The average Bonchev–Trinajstić information content (AvgIpc) is 2.92. The lowest BCUT2D eigenvalue weighted by Crippen LogP contribution is -2.62. The first-order chi connectivity index (χ1) is 17.3. The monoisotopic (exact) mass is 488 g/mol. The number of benzene rings is 3. The number of ether oxygens (including phenoxy) is 5. The topological polar surface area (TPSA) is 46.2 Å². The highest BCUT2D eigenvalue weighted by molar-refractivity contribution is 7.99. The fourth-order valence-corrected chi connectivity index (χ4v) is 5.48. The molecule has 6 heteroatoms. The molecule has 3 aromatic carbocycles. The largest absolute Gasteiger partial charge is 0.368 e. The van der Waals surface area contributed by atoms with Crippen molar-refractivity contribution in [3.8, 4) is 12.3 Å². The maximum Gasteiger partial charge on any atom is 0.184 e. The first-order valence-corrected chi connectivity index (χ1v) is 12.6. The van der Waals surface area contributed by atoms with E-state index in [-0.39, 0.29) is 24.3 Å². The van der Waals surface area contributed by atoms with Crippen LogP contribution in [0.1, 0.15) is 17.4 Å². The zero-order valence-corrected chi connectivity index (χ0v) is 20.1. The van der Waals surface area contributed by atoms with Gasteiger partial charge in [0.2, 0.25) is 0 Å². The second kappa shape index (κ2) is 11.9. The van der Waals surface area contributed by atoms with Gasteiger partial charge >= 0.3 is 0 Å². The molecule has 0 radical (unpaired) electrons. The third-order valence-electron chi connectivity index (χ3n) is 6.00. The molecule has 180 valence electrons.